The van der Waals surface area contributed by atoms with E-state index in [1.165, 1.54) is 13.0 Å². The summed E-state index contributed by atoms with van der Waals surface area (Å²) >= 11 is 0. The van der Waals surface area contributed by atoms with Crippen LogP contribution in [0, 0.1) is 11.6 Å². The molecule has 2 amide bonds. The Balaban J connectivity index is 2.68. The molecule has 1 unspecified atom stereocenters. The normalized spacial score (nSPS) is 11.8. The molecule has 0 heterocycles. The zero-order chi connectivity index (χ0) is 17.2. The van der Waals surface area contributed by atoms with Crippen LogP contribution >= 0.6 is 0 Å². The molecule has 0 saturated heterocycles. The summed E-state index contributed by atoms with van der Waals surface area (Å²) in [6.07, 6.45) is 0.760. The minimum atomic E-state index is -1.04. The van der Waals surface area contributed by atoms with Gasteiger partial charge in [0, 0.05) is 25.6 Å². The van der Waals surface area contributed by atoms with Crippen LogP contribution in [0.25, 0.3) is 0 Å². The van der Waals surface area contributed by atoms with E-state index in [4.69, 9.17) is 0 Å². The Labute approximate surface area is 134 Å². The van der Waals surface area contributed by atoms with Crippen molar-refractivity contribution in [3.63, 3.8) is 0 Å². The van der Waals surface area contributed by atoms with Crippen molar-refractivity contribution in [2.45, 2.75) is 32.7 Å². The molecule has 5 nitrogen and oxygen atoms in total. The standard InChI is InChI=1S/C16H23F2N3O2/c1-3-7-19-8-9-20-15(23)10-14(21-11(2)22)16-12(17)5-4-6-13(16)18/h4-6,14,19H,3,7-10H2,1-2H3,(H,20,23)(H,21,22). The number of hydrogen-bond donors (Lipinski definition) is 3. The third-order valence-electron chi connectivity index (χ3n) is 3.17. The first-order valence-electron chi connectivity index (χ1n) is 7.64. The largest absolute Gasteiger partial charge is 0.355 e. The molecule has 0 spiro atoms. The first kappa shape index (κ1) is 19.0. The molecule has 0 aromatic heterocycles. The van der Waals surface area contributed by atoms with E-state index in [1.54, 1.807) is 0 Å². The zero-order valence-corrected chi connectivity index (χ0v) is 13.4. The number of amides is 2. The van der Waals surface area contributed by atoms with Crippen LogP contribution in [0.2, 0.25) is 0 Å². The molecule has 0 radical (unpaired) electrons. The molecule has 0 aliphatic heterocycles. The average molecular weight is 327 g/mol. The maximum atomic E-state index is 13.9. The van der Waals surface area contributed by atoms with Gasteiger partial charge in [-0.3, -0.25) is 9.59 Å². The Bertz CT molecular complexity index is 518. The van der Waals surface area contributed by atoms with Crippen molar-refractivity contribution in [1.82, 2.24) is 16.0 Å². The summed E-state index contributed by atoms with van der Waals surface area (Å²) < 4.78 is 27.7. The van der Waals surface area contributed by atoms with Gasteiger partial charge in [0.15, 0.2) is 0 Å². The molecule has 0 aliphatic rings. The van der Waals surface area contributed by atoms with Crippen LogP contribution in [0.3, 0.4) is 0 Å². The molecule has 0 bridgehead atoms. The van der Waals surface area contributed by atoms with Gasteiger partial charge in [-0.15, -0.1) is 0 Å². The SMILES string of the molecule is CCCNCCNC(=O)CC(NC(C)=O)c1c(F)cccc1F. The monoisotopic (exact) mass is 327 g/mol. The maximum absolute atomic E-state index is 13.9. The van der Waals surface area contributed by atoms with Crippen LogP contribution in [-0.2, 0) is 9.59 Å². The van der Waals surface area contributed by atoms with E-state index in [0.29, 0.717) is 13.1 Å². The van der Waals surface area contributed by atoms with E-state index in [9.17, 15) is 18.4 Å². The summed E-state index contributed by atoms with van der Waals surface area (Å²) in [5.74, 6) is -2.43. The summed E-state index contributed by atoms with van der Waals surface area (Å²) in [7, 11) is 0. The third kappa shape index (κ3) is 6.73. The van der Waals surface area contributed by atoms with E-state index in [-0.39, 0.29) is 17.9 Å². The van der Waals surface area contributed by atoms with Crippen molar-refractivity contribution in [2.24, 2.45) is 0 Å². The van der Waals surface area contributed by atoms with Crippen LogP contribution in [0.1, 0.15) is 38.3 Å². The number of benzene rings is 1. The van der Waals surface area contributed by atoms with Crippen LogP contribution in [-0.4, -0.2) is 31.4 Å². The van der Waals surface area contributed by atoms with Crippen LogP contribution in [0.4, 0.5) is 8.78 Å². The van der Waals surface area contributed by atoms with Crippen molar-refractivity contribution in [2.75, 3.05) is 19.6 Å². The Morgan fingerprint density at radius 1 is 1.13 bits per heavy atom. The van der Waals surface area contributed by atoms with Crippen molar-refractivity contribution in [1.29, 1.82) is 0 Å². The highest BCUT2D eigenvalue weighted by atomic mass is 19.1. The second-order valence-corrected chi connectivity index (χ2v) is 5.19. The van der Waals surface area contributed by atoms with Gasteiger partial charge < -0.3 is 16.0 Å². The molecule has 23 heavy (non-hydrogen) atoms. The predicted molar refractivity (Wildman–Crippen MR) is 83.7 cm³/mol. The fraction of sp³-hybridized carbons (Fsp3) is 0.500. The summed E-state index contributed by atoms with van der Waals surface area (Å²) in [6, 6.07) is 2.38. The van der Waals surface area contributed by atoms with Crippen LogP contribution in [0.15, 0.2) is 18.2 Å². The number of nitrogens with one attached hydrogen (secondary N) is 3. The quantitative estimate of drug-likeness (QED) is 0.604. The third-order valence-corrected chi connectivity index (χ3v) is 3.17. The first-order valence-corrected chi connectivity index (χ1v) is 7.64. The van der Waals surface area contributed by atoms with Crippen molar-refractivity contribution >= 4 is 11.8 Å². The second-order valence-electron chi connectivity index (χ2n) is 5.19. The lowest BCUT2D eigenvalue weighted by Crippen LogP contribution is -2.36. The summed E-state index contributed by atoms with van der Waals surface area (Å²) in [5, 5.41) is 8.20. The summed E-state index contributed by atoms with van der Waals surface area (Å²) in [4.78, 5) is 23.2. The number of carbonyl (C=O) groups is 2. The highest BCUT2D eigenvalue weighted by Crippen LogP contribution is 2.23. The maximum Gasteiger partial charge on any atom is 0.222 e. The van der Waals surface area contributed by atoms with E-state index in [1.807, 2.05) is 6.92 Å². The molecule has 0 aliphatic carbocycles. The molecule has 1 atom stereocenters. The molecule has 3 N–H and O–H groups in total. The zero-order valence-electron chi connectivity index (χ0n) is 13.4. The van der Waals surface area contributed by atoms with Crippen LogP contribution in [0.5, 0.6) is 0 Å². The highest BCUT2D eigenvalue weighted by Gasteiger charge is 2.23. The molecule has 1 aromatic carbocycles. The minimum absolute atomic E-state index is 0.231. The number of carbonyl (C=O) groups excluding carboxylic acids is 2. The van der Waals surface area contributed by atoms with Crippen LogP contribution < -0.4 is 16.0 Å². The number of rotatable bonds is 9. The van der Waals surface area contributed by atoms with Crippen molar-refractivity contribution in [3.05, 3.63) is 35.4 Å². The van der Waals surface area contributed by atoms with Gasteiger partial charge in [0.05, 0.1) is 12.5 Å². The lowest BCUT2D eigenvalue weighted by molar-refractivity contribution is -0.122. The van der Waals surface area contributed by atoms with Crippen molar-refractivity contribution in [3.8, 4) is 0 Å². The van der Waals surface area contributed by atoms with Crippen molar-refractivity contribution < 1.29 is 18.4 Å². The Morgan fingerprint density at radius 3 is 2.35 bits per heavy atom. The lowest BCUT2D eigenvalue weighted by Gasteiger charge is -2.19. The summed E-state index contributed by atoms with van der Waals surface area (Å²) in [6.45, 7) is 5.14. The van der Waals surface area contributed by atoms with Gasteiger partial charge in [-0.1, -0.05) is 13.0 Å². The Morgan fingerprint density at radius 2 is 1.78 bits per heavy atom. The molecule has 7 heteroatoms. The highest BCUT2D eigenvalue weighted by molar-refractivity contribution is 5.79. The van der Waals surface area contributed by atoms with E-state index < -0.39 is 23.6 Å². The van der Waals surface area contributed by atoms with Gasteiger partial charge in [-0.2, -0.15) is 0 Å². The molecular weight excluding hydrogens is 304 g/mol. The Kier molecular flexibility index (Phi) is 8.18. The van der Waals surface area contributed by atoms with Gasteiger partial charge >= 0.3 is 0 Å². The van der Waals surface area contributed by atoms with Gasteiger partial charge in [-0.05, 0) is 25.1 Å². The number of hydrogen-bond acceptors (Lipinski definition) is 3. The Hall–Kier alpha value is -2.02. The molecule has 1 rings (SSSR count). The van der Waals surface area contributed by atoms with Gasteiger partial charge in [0.2, 0.25) is 11.8 Å². The van der Waals surface area contributed by atoms with E-state index >= 15 is 0 Å². The minimum Gasteiger partial charge on any atom is -0.355 e. The predicted octanol–water partition coefficient (Wildman–Crippen LogP) is 1.65. The number of halogens is 2. The van der Waals surface area contributed by atoms with E-state index in [0.717, 1.165) is 25.1 Å². The van der Waals surface area contributed by atoms with E-state index in [2.05, 4.69) is 16.0 Å². The summed E-state index contributed by atoms with van der Waals surface area (Å²) in [5.41, 5.74) is -0.304. The fourth-order valence-electron chi connectivity index (χ4n) is 2.16. The average Bonchev–Trinajstić information content (AvgIpc) is 2.46. The molecule has 0 saturated carbocycles. The fourth-order valence-corrected chi connectivity index (χ4v) is 2.16. The molecule has 1 aromatic rings. The molecule has 0 fully saturated rings. The topological polar surface area (TPSA) is 70.2 Å². The molecule has 128 valence electrons. The second kappa shape index (κ2) is 9.89. The van der Waals surface area contributed by atoms with Gasteiger partial charge in [0.1, 0.15) is 11.6 Å². The smallest absolute Gasteiger partial charge is 0.222 e. The lowest BCUT2D eigenvalue weighted by atomic mass is 10.0. The first-order chi connectivity index (χ1) is 11.0. The van der Waals surface area contributed by atoms with Gasteiger partial charge in [0.25, 0.3) is 0 Å². The van der Waals surface area contributed by atoms with Gasteiger partial charge in [-0.25, -0.2) is 8.78 Å². The molecular formula is C16H23F2N3O2.